The molecule has 0 saturated carbocycles. The molecule has 2 heterocycles. The zero-order valence-corrected chi connectivity index (χ0v) is 21.5. The van der Waals surface area contributed by atoms with E-state index in [1.807, 2.05) is 48.5 Å². The third-order valence-electron chi connectivity index (χ3n) is 6.93. The van der Waals surface area contributed by atoms with Crippen molar-refractivity contribution in [1.82, 2.24) is 0 Å². The molecule has 5 nitrogen and oxygen atoms in total. The molecule has 2 aromatic carbocycles. The van der Waals surface area contributed by atoms with Gasteiger partial charge in [0.1, 0.15) is 24.1 Å². The van der Waals surface area contributed by atoms with E-state index in [1.165, 1.54) is 0 Å². The van der Waals surface area contributed by atoms with E-state index in [-0.39, 0.29) is 29.5 Å². The van der Waals surface area contributed by atoms with Gasteiger partial charge in [-0.25, -0.2) is 0 Å². The Bertz CT molecular complexity index is 938. The number of methoxy groups -OCH3 is 1. The van der Waals surface area contributed by atoms with Crippen molar-refractivity contribution in [3.63, 3.8) is 0 Å². The third kappa shape index (κ3) is 5.25. The molecule has 33 heavy (non-hydrogen) atoms. The molecule has 0 spiro atoms. The molecule has 0 bridgehead atoms. The van der Waals surface area contributed by atoms with Crippen molar-refractivity contribution < 1.29 is 23.4 Å². The molecular weight excluding hydrogens is 432 g/mol. The first-order valence-electron chi connectivity index (χ1n) is 11.7. The predicted octanol–water partition coefficient (Wildman–Crippen LogP) is 5.95. The van der Waals surface area contributed by atoms with Crippen molar-refractivity contribution >= 4 is 14.4 Å². The van der Waals surface area contributed by atoms with Crippen LogP contribution in [0.5, 0.6) is 0 Å². The van der Waals surface area contributed by atoms with E-state index in [2.05, 4.69) is 52.1 Å². The molecule has 178 valence electrons. The summed E-state index contributed by atoms with van der Waals surface area (Å²) in [4.78, 5) is 0. The summed E-state index contributed by atoms with van der Waals surface area (Å²) in [6.45, 7) is 11.6. The van der Waals surface area contributed by atoms with Gasteiger partial charge in [0.15, 0.2) is 20.7 Å². The molecule has 2 aliphatic rings. The van der Waals surface area contributed by atoms with Crippen molar-refractivity contribution in [3.05, 3.63) is 77.5 Å². The Morgan fingerprint density at radius 1 is 0.970 bits per heavy atom. The Morgan fingerprint density at radius 3 is 2.21 bits per heavy atom. The van der Waals surface area contributed by atoms with E-state index in [0.717, 1.165) is 16.9 Å². The lowest BCUT2D eigenvalue weighted by Crippen LogP contribution is -2.61. The Balaban J connectivity index is 1.68. The molecule has 0 radical (unpaired) electrons. The molecular formula is C27H36O5Si. The SMILES string of the molecule is CO[C@@H]1[C@@H]2O[C@H](c3ccccc3)OC[C@H]2O/C(=C\c2ccccc2)[C@H]1O[Si](C)(C)C(C)(C)C. The molecule has 0 aliphatic carbocycles. The Morgan fingerprint density at radius 2 is 1.61 bits per heavy atom. The van der Waals surface area contributed by atoms with Crippen LogP contribution in [0.1, 0.15) is 38.2 Å². The van der Waals surface area contributed by atoms with Gasteiger partial charge < -0.3 is 23.4 Å². The van der Waals surface area contributed by atoms with Gasteiger partial charge in [-0.2, -0.15) is 0 Å². The van der Waals surface area contributed by atoms with Crippen molar-refractivity contribution in [1.29, 1.82) is 0 Å². The molecule has 0 unspecified atom stereocenters. The fraction of sp³-hybridized carbons (Fsp3) is 0.481. The van der Waals surface area contributed by atoms with Crippen molar-refractivity contribution in [2.75, 3.05) is 13.7 Å². The average molecular weight is 469 g/mol. The number of rotatable bonds is 5. The molecule has 0 aromatic heterocycles. The van der Waals surface area contributed by atoms with E-state index in [4.69, 9.17) is 23.4 Å². The Hall–Kier alpha value is -1.96. The normalized spacial score (nSPS) is 29.4. The zero-order chi connectivity index (χ0) is 23.6. The highest BCUT2D eigenvalue weighted by Gasteiger charge is 2.52. The summed E-state index contributed by atoms with van der Waals surface area (Å²) in [6, 6.07) is 20.2. The fourth-order valence-electron chi connectivity index (χ4n) is 4.00. The highest BCUT2D eigenvalue weighted by atomic mass is 28.4. The van der Waals surface area contributed by atoms with E-state index in [9.17, 15) is 0 Å². The summed E-state index contributed by atoms with van der Waals surface area (Å²) in [7, 11) is -0.407. The second kappa shape index (κ2) is 9.72. The molecule has 2 aromatic rings. The highest BCUT2D eigenvalue weighted by molar-refractivity contribution is 6.74. The van der Waals surface area contributed by atoms with Crippen LogP contribution in [-0.2, 0) is 23.4 Å². The van der Waals surface area contributed by atoms with Gasteiger partial charge >= 0.3 is 0 Å². The maximum absolute atomic E-state index is 6.92. The molecule has 0 N–H and O–H groups in total. The first-order valence-corrected chi connectivity index (χ1v) is 14.6. The summed E-state index contributed by atoms with van der Waals surface area (Å²) >= 11 is 0. The molecule has 2 saturated heterocycles. The average Bonchev–Trinajstić information content (AvgIpc) is 2.79. The molecule has 2 aliphatic heterocycles. The van der Waals surface area contributed by atoms with Crippen LogP contribution in [0.3, 0.4) is 0 Å². The summed E-state index contributed by atoms with van der Waals surface area (Å²) in [6.07, 6.45) is 0.334. The van der Waals surface area contributed by atoms with E-state index < -0.39 is 14.6 Å². The van der Waals surface area contributed by atoms with E-state index >= 15 is 0 Å². The fourth-order valence-corrected chi connectivity index (χ4v) is 5.24. The van der Waals surface area contributed by atoms with Crippen LogP contribution < -0.4 is 0 Å². The van der Waals surface area contributed by atoms with Crippen molar-refractivity contribution in [2.24, 2.45) is 0 Å². The molecule has 5 atom stereocenters. The molecule has 0 amide bonds. The Labute approximate surface area is 198 Å². The minimum atomic E-state index is -2.13. The number of fused-ring (bicyclic) bond motifs is 1. The lowest BCUT2D eigenvalue weighted by Gasteiger charge is -2.49. The predicted molar refractivity (Wildman–Crippen MR) is 132 cm³/mol. The Kier molecular flexibility index (Phi) is 7.12. The summed E-state index contributed by atoms with van der Waals surface area (Å²) in [5.74, 6) is 0.768. The summed E-state index contributed by atoms with van der Waals surface area (Å²) in [5, 5.41) is 0.0447. The largest absolute Gasteiger partial charge is 0.487 e. The standard InChI is InChI=1S/C27H36O5Si/c1-27(2,3)33(5,6)32-24-21(17-19-13-9-7-10-14-19)30-22-18-29-26(20-15-11-8-12-16-20)31-23(22)25(24)28-4/h7-17,22-26H,18H2,1-6H3/b21-17-/t22-,23-,24-,25-,26-/m1/s1. The quantitative estimate of drug-likeness (QED) is 0.508. The van der Waals surface area contributed by atoms with Gasteiger partial charge in [-0.1, -0.05) is 81.4 Å². The number of hydrogen-bond acceptors (Lipinski definition) is 5. The second-order valence-corrected chi connectivity index (χ2v) is 15.0. The van der Waals surface area contributed by atoms with Gasteiger partial charge in [-0.15, -0.1) is 0 Å². The zero-order valence-electron chi connectivity index (χ0n) is 20.5. The van der Waals surface area contributed by atoms with Gasteiger partial charge in [-0.3, -0.25) is 0 Å². The smallest absolute Gasteiger partial charge is 0.193 e. The van der Waals surface area contributed by atoms with Crippen LogP contribution in [0.2, 0.25) is 18.1 Å². The van der Waals surface area contributed by atoms with Crippen LogP contribution in [0.15, 0.2) is 66.4 Å². The van der Waals surface area contributed by atoms with Gasteiger partial charge in [0.25, 0.3) is 0 Å². The van der Waals surface area contributed by atoms with Crippen LogP contribution in [0.25, 0.3) is 6.08 Å². The van der Waals surface area contributed by atoms with Gasteiger partial charge in [-0.05, 0) is 29.8 Å². The van der Waals surface area contributed by atoms with Crippen molar-refractivity contribution in [2.45, 2.75) is 69.6 Å². The maximum atomic E-state index is 6.92. The van der Waals surface area contributed by atoms with Crippen LogP contribution in [-0.4, -0.2) is 46.4 Å². The number of benzene rings is 2. The topological polar surface area (TPSA) is 46.2 Å². The minimum absolute atomic E-state index is 0.0447. The van der Waals surface area contributed by atoms with Crippen LogP contribution in [0.4, 0.5) is 0 Å². The molecule has 2 fully saturated rings. The highest BCUT2D eigenvalue weighted by Crippen LogP contribution is 2.43. The van der Waals surface area contributed by atoms with E-state index in [0.29, 0.717) is 6.61 Å². The first-order chi connectivity index (χ1) is 15.7. The van der Waals surface area contributed by atoms with Crippen molar-refractivity contribution in [3.8, 4) is 0 Å². The lowest BCUT2D eigenvalue weighted by atomic mass is 9.95. The molecule has 6 heteroatoms. The summed E-state index contributed by atoms with van der Waals surface area (Å²) < 4.78 is 32.0. The number of ether oxygens (including phenoxy) is 4. The van der Waals surface area contributed by atoms with Gasteiger partial charge in [0, 0.05) is 12.7 Å². The molecule has 4 rings (SSSR count). The van der Waals surface area contributed by atoms with Crippen LogP contribution in [0, 0.1) is 0 Å². The van der Waals surface area contributed by atoms with E-state index in [1.54, 1.807) is 7.11 Å². The number of hydrogen-bond donors (Lipinski definition) is 0. The second-order valence-electron chi connectivity index (χ2n) is 10.3. The van der Waals surface area contributed by atoms with Gasteiger partial charge in [0.2, 0.25) is 0 Å². The van der Waals surface area contributed by atoms with Crippen LogP contribution >= 0.6 is 0 Å². The monoisotopic (exact) mass is 468 g/mol. The maximum Gasteiger partial charge on any atom is 0.193 e. The summed E-state index contributed by atoms with van der Waals surface area (Å²) in [5.41, 5.74) is 2.04. The first kappa shape index (κ1) is 24.2. The lowest BCUT2D eigenvalue weighted by molar-refractivity contribution is -0.303. The van der Waals surface area contributed by atoms with Gasteiger partial charge in [0.05, 0.1) is 6.61 Å². The third-order valence-corrected chi connectivity index (χ3v) is 11.4. The minimum Gasteiger partial charge on any atom is -0.487 e.